The number of rotatable bonds is 8. The summed E-state index contributed by atoms with van der Waals surface area (Å²) in [7, 11) is 0. The topological polar surface area (TPSA) is 41.3 Å². The van der Waals surface area contributed by atoms with E-state index in [-0.39, 0.29) is 6.17 Å². The van der Waals surface area contributed by atoms with Gasteiger partial charge in [-0.2, -0.15) is 0 Å². The zero-order chi connectivity index (χ0) is 17.6. The fourth-order valence-corrected chi connectivity index (χ4v) is 4.29. The fraction of sp³-hybridized carbons (Fsp3) is 0.333. The molecule has 0 fully saturated rings. The van der Waals surface area contributed by atoms with Crippen LogP contribution in [0.15, 0.2) is 60.0 Å². The molecule has 0 amide bonds. The molecule has 3 rings (SSSR count). The van der Waals surface area contributed by atoms with E-state index >= 15 is 0 Å². The van der Waals surface area contributed by atoms with Gasteiger partial charge in [-0.1, -0.05) is 62.4 Å². The lowest BCUT2D eigenvalue weighted by Gasteiger charge is -2.30. The third kappa shape index (κ3) is 4.10. The molecule has 3 aromatic rings. The van der Waals surface area contributed by atoms with Crippen LogP contribution in [0.5, 0.6) is 0 Å². The summed E-state index contributed by atoms with van der Waals surface area (Å²) in [5.74, 6) is 0. The molecule has 2 unspecified atom stereocenters. The zero-order valence-electron chi connectivity index (χ0n) is 15.0. The minimum absolute atomic E-state index is 0.177. The molecule has 132 valence electrons. The Morgan fingerprint density at radius 1 is 1.00 bits per heavy atom. The largest absolute Gasteiger partial charge is 0.312 e. The van der Waals surface area contributed by atoms with Crippen molar-refractivity contribution in [3.8, 4) is 0 Å². The van der Waals surface area contributed by atoms with Crippen LogP contribution in [-0.4, -0.2) is 24.5 Å². The molecule has 3 nitrogen and oxygen atoms in total. The van der Waals surface area contributed by atoms with Crippen LogP contribution in [0.1, 0.15) is 36.5 Å². The van der Waals surface area contributed by atoms with Crippen molar-refractivity contribution in [1.82, 2.24) is 10.2 Å². The molecule has 0 spiro atoms. The number of nitrogens with two attached hydrogens (primary N) is 1. The summed E-state index contributed by atoms with van der Waals surface area (Å²) in [4.78, 5) is 3.87. The van der Waals surface area contributed by atoms with Gasteiger partial charge in [-0.05, 0) is 40.9 Å². The first-order valence-corrected chi connectivity index (χ1v) is 9.86. The molecule has 2 aromatic carbocycles. The smallest absolute Gasteiger partial charge is 0.0816 e. The lowest BCUT2D eigenvalue weighted by atomic mass is 10.0. The van der Waals surface area contributed by atoms with E-state index in [1.165, 1.54) is 15.6 Å². The second-order valence-corrected chi connectivity index (χ2v) is 7.19. The summed E-state index contributed by atoms with van der Waals surface area (Å²) in [5, 5.41) is 8.18. The number of hydrogen-bond donors (Lipinski definition) is 2. The summed E-state index contributed by atoms with van der Waals surface area (Å²) < 4.78 is 0. The highest BCUT2D eigenvalue weighted by Crippen LogP contribution is 2.26. The molecular weight excluding hydrogens is 326 g/mol. The predicted molar refractivity (Wildman–Crippen MR) is 109 cm³/mol. The maximum absolute atomic E-state index is 6.52. The molecular formula is C21H27N3S. The molecule has 0 saturated carbocycles. The normalized spacial score (nSPS) is 14.1. The van der Waals surface area contributed by atoms with Gasteiger partial charge in [-0.25, -0.2) is 0 Å². The molecule has 1 heterocycles. The van der Waals surface area contributed by atoms with Gasteiger partial charge in [0.2, 0.25) is 0 Å². The van der Waals surface area contributed by atoms with Crippen molar-refractivity contribution >= 4 is 22.1 Å². The van der Waals surface area contributed by atoms with Crippen molar-refractivity contribution in [1.29, 1.82) is 0 Å². The number of likely N-dealkylation sites (N-methyl/N-ethyl adjacent to an activating group) is 1. The van der Waals surface area contributed by atoms with E-state index in [1.54, 1.807) is 0 Å². The Balaban J connectivity index is 1.78. The highest BCUT2D eigenvalue weighted by molar-refractivity contribution is 7.10. The fourth-order valence-electron chi connectivity index (χ4n) is 3.43. The highest BCUT2D eigenvalue weighted by Gasteiger charge is 2.20. The Hall–Kier alpha value is -1.72. The molecule has 0 aliphatic heterocycles. The molecule has 0 aliphatic carbocycles. The van der Waals surface area contributed by atoms with Crippen molar-refractivity contribution in [2.45, 2.75) is 26.1 Å². The van der Waals surface area contributed by atoms with Crippen LogP contribution >= 0.6 is 11.3 Å². The van der Waals surface area contributed by atoms with Crippen LogP contribution in [0.25, 0.3) is 10.8 Å². The lowest BCUT2D eigenvalue weighted by molar-refractivity contribution is 0.212. The molecule has 25 heavy (non-hydrogen) atoms. The van der Waals surface area contributed by atoms with Gasteiger partial charge in [-0.15, -0.1) is 11.3 Å². The number of thiophene rings is 1. The van der Waals surface area contributed by atoms with Crippen molar-refractivity contribution in [3.63, 3.8) is 0 Å². The van der Waals surface area contributed by atoms with Crippen LogP contribution in [0, 0.1) is 0 Å². The second-order valence-electron chi connectivity index (χ2n) is 6.21. The number of fused-ring (bicyclic) bond motifs is 1. The van der Waals surface area contributed by atoms with Crippen LogP contribution in [0.2, 0.25) is 0 Å². The van der Waals surface area contributed by atoms with Crippen molar-refractivity contribution in [3.05, 3.63) is 70.4 Å². The summed E-state index contributed by atoms with van der Waals surface area (Å²) in [6, 6.07) is 19.5. The Kier molecular flexibility index (Phi) is 6.21. The summed E-state index contributed by atoms with van der Waals surface area (Å²) in [5.41, 5.74) is 7.67. The van der Waals surface area contributed by atoms with Gasteiger partial charge in [0.15, 0.2) is 0 Å². The number of nitrogens with zero attached hydrogens (tertiary/aromatic N) is 1. The first kappa shape index (κ1) is 18.1. The van der Waals surface area contributed by atoms with Crippen LogP contribution in [0.4, 0.5) is 0 Å². The van der Waals surface area contributed by atoms with E-state index in [9.17, 15) is 0 Å². The molecule has 3 N–H and O–H groups in total. The van der Waals surface area contributed by atoms with Crippen molar-refractivity contribution in [2.24, 2.45) is 5.73 Å². The van der Waals surface area contributed by atoms with E-state index in [1.807, 2.05) is 11.3 Å². The number of hydrogen-bond acceptors (Lipinski definition) is 4. The molecule has 0 radical (unpaired) electrons. The minimum Gasteiger partial charge on any atom is -0.312 e. The van der Waals surface area contributed by atoms with Crippen molar-refractivity contribution in [2.75, 3.05) is 19.6 Å². The maximum atomic E-state index is 6.52. The van der Waals surface area contributed by atoms with E-state index in [4.69, 9.17) is 5.73 Å². The van der Waals surface area contributed by atoms with Gasteiger partial charge < -0.3 is 5.73 Å². The first-order chi connectivity index (χ1) is 12.2. The molecule has 2 atom stereocenters. The maximum Gasteiger partial charge on any atom is 0.0816 e. The van der Waals surface area contributed by atoms with E-state index in [0.29, 0.717) is 6.04 Å². The van der Waals surface area contributed by atoms with Crippen molar-refractivity contribution < 1.29 is 0 Å². The molecule has 0 aliphatic rings. The van der Waals surface area contributed by atoms with E-state index in [2.05, 4.69) is 84.0 Å². The van der Waals surface area contributed by atoms with Gasteiger partial charge >= 0.3 is 0 Å². The summed E-state index contributed by atoms with van der Waals surface area (Å²) >= 11 is 1.82. The molecule has 0 bridgehead atoms. The average Bonchev–Trinajstić information content (AvgIpc) is 3.18. The monoisotopic (exact) mass is 353 g/mol. The zero-order valence-corrected chi connectivity index (χ0v) is 15.8. The first-order valence-electron chi connectivity index (χ1n) is 8.98. The summed E-state index contributed by atoms with van der Waals surface area (Å²) in [6.45, 7) is 7.34. The molecule has 4 heteroatoms. The number of nitrogens with one attached hydrogen (secondary N) is 1. The Bertz CT molecular complexity index is 775. The van der Waals surface area contributed by atoms with Crippen LogP contribution in [-0.2, 0) is 0 Å². The minimum atomic E-state index is -0.177. The third-order valence-corrected chi connectivity index (χ3v) is 5.79. The Morgan fingerprint density at radius 3 is 2.48 bits per heavy atom. The average molecular weight is 354 g/mol. The summed E-state index contributed by atoms with van der Waals surface area (Å²) in [6.07, 6.45) is -0.177. The second kappa shape index (κ2) is 8.59. The van der Waals surface area contributed by atoms with Gasteiger partial charge in [0, 0.05) is 11.4 Å². The number of benzene rings is 2. The predicted octanol–water partition coefficient (Wildman–Crippen LogP) is 4.53. The standard InChI is InChI=1S/C21H27N3S/c1-3-24(4-2)19(20-13-8-14-25-20)15-23-21(22)18-12-7-10-16-9-5-6-11-17(16)18/h5-14,19,21,23H,3-4,15,22H2,1-2H3. The third-order valence-electron chi connectivity index (χ3n) is 4.81. The SMILES string of the molecule is CCN(CC)C(CNC(N)c1cccc2ccccc12)c1cccs1. The van der Waals surface area contributed by atoms with Gasteiger partial charge in [0.25, 0.3) is 0 Å². The quantitative estimate of drug-likeness (QED) is 0.585. The molecule has 1 aromatic heterocycles. The van der Waals surface area contributed by atoms with E-state index in [0.717, 1.165) is 25.2 Å². The van der Waals surface area contributed by atoms with Gasteiger partial charge in [0.1, 0.15) is 0 Å². The van der Waals surface area contributed by atoms with Gasteiger partial charge in [-0.3, -0.25) is 10.2 Å². The van der Waals surface area contributed by atoms with Crippen LogP contribution < -0.4 is 11.1 Å². The van der Waals surface area contributed by atoms with Gasteiger partial charge in [0.05, 0.1) is 12.2 Å². The Labute approximate surface area is 154 Å². The van der Waals surface area contributed by atoms with E-state index < -0.39 is 0 Å². The highest BCUT2D eigenvalue weighted by atomic mass is 32.1. The lowest BCUT2D eigenvalue weighted by Crippen LogP contribution is -2.39. The Morgan fingerprint density at radius 2 is 1.76 bits per heavy atom. The van der Waals surface area contributed by atoms with Crippen LogP contribution in [0.3, 0.4) is 0 Å². The molecule has 0 saturated heterocycles.